The second kappa shape index (κ2) is 18.0. The third-order valence-electron chi connectivity index (χ3n) is 7.50. The number of hydrogen-bond acceptors (Lipinski definition) is 13. The lowest BCUT2D eigenvalue weighted by atomic mass is 9.98. The van der Waals surface area contributed by atoms with Crippen molar-refractivity contribution in [1.29, 1.82) is 0 Å². The molecular formula is C34H45FN4O13P2. The molecule has 20 heteroatoms. The van der Waals surface area contributed by atoms with Gasteiger partial charge in [-0.1, -0.05) is 36.4 Å². The van der Waals surface area contributed by atoms with Crippen molar-refractivity contribution >= 4 is 27.4 Å². The van der Waals surface area contributed by atoms with Crippen LogP contribution in [0, 0.1) is 0 Å². The fourth-order valence-corrected chi connectivity index (χ4v) is 8.38. The van der Waals surface area contributed by atoms with Gasteiger partial charge in [-0.3, -0.25) is 33.0 Å². The molecule has 1 aliphatic heterocycles. The van der Waals surface area contributed by atoms with E-state index in [1.807, 2.05) is 4.98 Å². The molecule has 3 N–H and O–H groups in total. The van der Waals surface area contributed by atoms with Crippen LogP contribution in [-0.2, 0) is 42.0 Å². The molecule has 0 aliphatic carbocycles. The minimum atomic E-state index is -4.82. The molecule has 54 heavy (non-hydrogen) atoms. The van der Waals surface area contributed by atoms with Crippen LogP contribution in [0.25, 0.3) is 0 Å². The number of H-pyrrole nitrogens is 1. The van der Waals surface area contributed by atoms with Crippen LogP contribution in [-0.4, -0.2) is 70.3 Å². The standard InChI is InChI=1S/C34H45FN4O13P2/c1-21(2)47-30(41)23(5)37-53(44,50-25-14-10-8-11-15-25)46-20-27-29(34(7,35)32(49-27)39-19-18-28(40)36-33(39)43)52-54(45,51-26-16-12-9-13-17-26)38-24(6)31(42)48-22(3)4/h8-19,21-24,27,29,32H,20H2,1-7H3,(H,37,44)(H,38,45)(H,36,40,43)/t23-,24-,27-,29+,32+,34+,53?,54?/m0/s1. The van der Waals surface area contributed by atoms with Crippen molar-refractivity contribution in [2.45, 2.75) is 96.9 Å². The van der Waals surface area contributed by atoms with Crippen molar-refractivity contribution in [3.63, 3.8) is 0 Å². The van der Waals surface area contributed by atoms with Gasteiger partial charge in [0.05, 0.1) is 18.8 Å². The Bertz CT molecular complexity index is 1940. The molecule has 2 unspecified atom stereocenters. The average molecular weight is 799 g/mol. The van der Waals surface area contributed by atoms with Crippen molar-refractivity contribution in [2.75, 3.05) is 6.61 Å². The summed E-state index contributed by atoms with van der Waals surface area (Å²) in [7, 11) is -9.40. The number of esters is 2. The maximum absolute atomic E-state index is 17.3. The molecule has 1 aromatic heterocycles. The molecule has 4 rings (SSSR count). The summed E-state index contributed by atoms with van der Waals surface area (Å²) >= 11 is 0. The van der Waals surface area contributed by atoms with E-state index in [1.165, 1.54) is 38.1 Å². The number of halogens is 1. The number of para-hydroxylation sites is 2. The fourth-order valence-electron chi connectivity index (χ4n) is 5.10. The van der Waals surface area contributed by atoms with Crippen LogP contribution in [0.4, 0.5) is 4.39 Å². The number of alkyl halides is 1. The summed E-state index contributed by atoms with van der Waals surface area (Å²) in [6.45, 7) is 9.30. The third kappa shape index (κ3) is 11.4. The summed E-state index contributed by atoms with van der Waals surface area (Å²) in [5.74, 6) is -1.54. The summed E-state index contributed by atoms with van der Waals surface area (Å²) in [5, 5.41) is 4.99. The SMILES string of the molecule is CC(C)OC(=O)[C@H](C)NP(=O)(OC[C@@H]1O[C@@H](n2ccc(=O)[nH]c2=O)[C@](C)(F)[C@@H]1OP(=O)(N[C@@H](C)C(=O)OC(C)C)Oc1ccccc1)Oc1ccccc1. The van der Waals surface area contributed by atoms with E-state index in [1.54, 1.807) is 64.1 Å². The highest BCUT2D eigenvalue weighted by Crippen LogP contribution is 2.54. The van der Waals surface area contributed by atoms with E-state index < -0.39 is 93.7 Å². The Kier molecular flexibility index (Phi) is 14.2. The quantitative estimate of drug-likeness (QED) is 0.117. The van der Waals surface area contributed by atoms with Gasteiger partial charge in [0, 0.05) is 12.3 Å². The van der Waals surface area contributed by atoms with Crippen molar-refractivity contribution in [2.24, 2.45) is 0 Å². The summed E-state index contributed by atoms with van der Waals surface area (Å²) in [6.07, 6.45) is -5.57. The van der Waals surface area contributed by atoms with E-state index >= 15 is 4.39 Å². The summed E-state index contributed by atoms with van der Waals surface area (Å²) in [6, 6.07) is 13.9. The normalized spacial score (nSPS) is 23.2. The molecule has 296 valence electrons. The molecular weight excluding hydrogens is 753 g/mol. The Hall–Kier alpha value is -4.15. The molecule has 2 heterocycles. The van der Waals surface area contributed by atoms with Gasteiger partial charge < -0.3 is 23.3 Å². The monoisotopic (exact) mass is 798 g/mol. The van der Waals surface area contributed by atoms with Gasteiger partial charge in [0.2, 0.25) is 0 Å². The van der Waals surface area contributed by atoms with Crippen molar-refractivity contribution in [3.8, 4) is 11.5 Å². The first-order valence-electron chi connectivity index (χ1n) is 17.0. The largest absolute Gasteiger partial charge is 0.462 e. The number of ether oxygens (including phenoxy) is 3. The van der Waals surface area contributed by atoms with Gasteiger partial charge in [0.15, 0.2) is 11.9 Å². The van der Waals surface area contributed by atoms with Gasteiger partial charge in [-0.25, -0.2) is 18.3 Å². The zero-order valence-electron chi connectivity index (χ0n) is 30.7. The number of carbonyl (C=O) groups is 2. The molecule has 17 nitrogen and oxygen atoms in total. The maximum atomic E-state index is 17.3. The highest BCUT2D eigenvalue weighted by Gasteiger charge is 2.60. The molecule has 1 aliphatic rings. The number of nitrogens with one attached hydrogen (secondary N) is 3. The molecule has 1 saturated heterocycles. The van der Waals surface area contributed by atoms with Gasteiger partial charge in [-0.2, -0.15) is 10.2 Å². The number of aromatic amines is 1. The second-order valence-electron chi connectivity index (χ2n) is 13.0. The number of hydrogen-bond donors (Lipinski definition) is 3. The molecule has 1 fully saturated rings. The van der Waals surface area contributed by atoms with Gasteiger partial charge in [0.1, 0.15) is 35.8 Å². The van der Waals surface area contributed by atoms with Gasteiger partial charge >= 0.3 is 33.1 Å². The fraction of sp³-hybridized carbons (Fsp3) is 0.471. The molecule has 3 aromatic rings. The molecule has 0 radical (unpaired) electrons. The van der Waals surface area contributed by atoms with Crippen LogP contribution in [0.3, 0.4) is 0 Å². The highest BCUT2D eigenvalue weighted by molar-refractivity contribution is 7.52. The van der Waals surface area contributed by atoms with Crippen molar-refractivity contribution in [1.82, 2.24) is 19.7 Å². The maximum Gasteiger partial charge on any atom is 0.459 e. The minimum absolute atomic E-state index is 0.00525. The molecule has 0 amide bonds. The number of rotatable bonds is 18. The number of benzene rings is 2. The van der Waals surface area contributed by atoms with Gasteiger partial charge in [0.25, 0.3) is 5.56 Å². The van der Waals surface area contributed by atoms with Crippen molar-refractivity contribution < 1.29 is 55.4 Å². The average Bonchev–Trinajstić information content (AvgIpc) is 3.32. The van der Waals surface area contributed by atoms with Crippen LogP contribution in [0.1, 0.15) is 54.7 Å². The topological polar surface area (TPSA) is 212 Å². The zero-order valence-corrected chi connectivity index (χ0v) is 32.5. The lowest BCUT2D eigenvalue weighted by Gasteiger charge is -2.32. The first-order valence-corrected chi connectivity index (χ1v) is 20.0. The lowest BCUT2D eigenvalue weighted by molar-refractivity contribution is -0.150. The smallest absolute Gasteiger partial charge is 0.459 e. The number of carbonyl (C=O) groups excluding carboxylic acids is 2. The number of nitrogens with zero attached hydrogens (tertiary/aromatic N) is 1. The molecule has 0 saturated carbocycles. The predicted octanol–water partition coefficient (Wildman–Crippen LogP) is 4.80. The third-order valence-corrected chi connectivity index (χ3v) is 10.8. The van der Waals surface area contributed by atoms with E-state index in [0.717, 1.165) is 23.8 Å². The first kappa shape index (κ1) is 42.6. The highest BCUT2D eigenvalue weighted by atomic mass is 31.2. The van der Waals surface area contributed by atoms with Crippen LogP contribution < -0.4 is 30.5 Å². The molecule has 8 atom stereocenters. The summed E-state index contributed by atoms with van der Waals surface area (Å²) in [5.41, 5.74) is -4.62. The lowest BCUT2D eigenvalue weighted by Crippen LogP contribution is -2.46. The Balaban J connectivity index is 1.74. The van der Waals surface area contributed by atoms with Crippen LogP contribution in [0.15, 0.2) is 82.5 Å². The van der Waals surface area contributed by atoms with E-state index in [0.29, 0.717) is 0 Å². The Morgan fingerprint density at radius 2 is 1.31 bits per heavy atom. The number of aromatic nitrogens is 2. The zero-order chi connectivity index (χ0) is 39.8. The van der Waals surface area contributed by atoms with Crippen LogP contribution >= 0.6 is 15.5 Å². The van der Waals surface area contributed by atoms with E-state index in [9.17, 15) is 28.3 Å². The Morgan fingerprint density at radius 3 is 1.80 bits per heavy atom. The van der Waals surface area contributed by atoms with Gasteiger partial charge in [-0.15, -0.1) is 0 Å². The first-order chi connectivity index (χ1) is 25.3. The Morgan fingerprint density at radius 1 is 0.833 bits per heavy atom. The molecule has 0 bridgehead atoms. The predicted molar refractivity (Wildman–Crippen MR) is 193 cm³/mol. The van der Waals surface area contributed by atoms with E-state index in [2.05, 4.69) is 10.2 Å². The molecule has 2 aromatic carbocycles. The van der Waals surface area contributed by atoms with Crippen LogP contribution in [0.2, 0.25) is 0 Å². The Labute approximate surface area is 311 Å². The summed E-state index contributed by atoms with van der Waals surface area (Å²) in [4.78, 5) is 52.2. The van der Waals surface area contributed by atoms with Crippen LogP contribution in [0.5, 0.6) is 11.5 Å². The van der Waals surface area contributed by atoms with E-state index in [-0.39, 0.29) is 11.5 Å². The summed E-state index contributed by atoms with van der Waals surface area (Å²) < 4.78 is 86.4. The van der Waals surface area contributed by atoms with Crippen molar-refractivity contribution in [3.05, 3.63) is 93.8 Å². The second-order valence-corrected chi connectivity index (χ2v) is 16.3. The van der Waals surface area contributed by atoms with Gasteiger partial charge in [-0.05, 0) is 72.7 Å². The molecule has 0 spiro atoms. The minimum Gasteiger partial charge on any atom is -0.462 e. The van der Waals surface area contributed by atoms with E-state index in [4.69, 9.17) is 32.3 Å².